The van der Waals surface area contributed by atoms with Gasteiger partial charge in [-0.2, -0.15) is 0 Å². The van der Waals surface area contributed by atoms with Gasteiger partial charge in [0.15, 0.2) is 0 Å². The third kappa shape index (κ3) is 2.71. The quantitative estimate of drug-likeness (QED) is 0.903. The first-order valence-corrected chi connectivity index (χ1v) is 5.86. The fourth-order valence-corrected chi connectivity index (χ4v) is 1.82. The Morgan fingerprint density at radius 1 is 1.17 bits per heavy atom. The molecule has 94 valence electrons. The van der Waals surface area contributed by atoms with E-state index < -0.39 is 0 Å². The SMILES string of the molecule is CNCc1nc(C)cc(-c2ccc(F)c(C)c2)n1. The van der Waals surface area contributed by atoms with Crippen LogP contribution < -0.4 is 5.32 Å². The van der Waals surface area contributed by atoms with Crippen molar-refractivity contribution in [2.45, 2.75) is 20.4 Å². The molecule has 2 rings (SSSR count). The molecule has 0 aliphatic rings. The second-order valence-corrected chi connectivity index (χ2v) is 4.31. The minimum atomic E-state index is -0.194. The molecule has 0 unspecified atom stereocenters. The molecule has 0 aliphatic carbocycles. The van der Waals surface area contributed by atoms with E-state index in [4.69, 9.17) is 0 Å². The van der Waals surface area contributed by atoms with Gasteiger partial charge in [-0.15, -0.1) is 0 Å². The molecule has 1 heterocycles. The number of aromatic nitrogens is 2. The molecule has 1 aromatic carbocycles. The van der Waals surface area contributed by atoms with Gasteiger partial charge in [0.1, 0.15) is 11.6 Å². The fourth-order valence-electron chi connectivity index (χ4n) is 1.82. The summed E-state index contributed by atoms with van der Waals surface area (Å²) < 4.78 is 13.3. The molecular weight excluding hydrogens is 229 g/mol. The summed E-state index contributed by atoms with van der Waals surface area (Å²) in [6, 6.07) is 6.93. The number of benzene rings is 1. The number of hydrogen-bond acceptors (Lipinski definition) is 3. The molecule has 0 aliphatic heterocycles. The summed E-state index contributed by atoms with van der Waals surface area (Å²) in [4.78, 5) is 8.81. The molecule has 0 saturated heterocycles. The summed E-state index contributed by atoms with van der Waals surface area (Å²) in [7, 11) is 1.85. The molecular formula is C14H16FN3. The van der Waals surface area contributed by atoms with Gasteiger partial charge >= 0.3 is 0 Å². The molecule has 0 spiro atoms. The normalized spacial score (nSPS) is 10.7. The number of aryl methyl sites for hydroxylation is 2. The lowest BCUT2D eigenvalue weighted by Crippen LogP contribution is -2.10. The number of halogens is 1. The zero-order valence-corrected chi connectivity index (χ0v) is 10.8. The van der Waals surface area contributed by atoms with Crippen LogP contribution in [0.4, 0.5) is 4.39 Å². The van der Waals surface area contributed by atoms with Crippen LogP contribution in [0, 0.1) is 19.7 Å². The Hall–Kier alpha value is -1.81. The minimum Gasteiger partial charge on any atom is -0.313 e. The van der Waals surface area contributed by atoms with Crippen molar-refractivity contribution in [1.29, 1.82) is 0 Å². The van der Waals surface area contributed by atoms with Gasteiger partial charge in [-0.3, -0.25) is 0 Å². The van der Waals surface area contributed by atoms with Gasteiger partial charge in [0.2, 0.25) is 0 Å². The lowest BCUT2D eigenvalue weighted by atomic mass is 10.1. The van der Waals surface area contributed by atoms with Crippen LogP contribution >= 0.6 is 0 Å². The summed E-state index contributed by atoms with van der Waals surface area (Å²) in [6.07, 6.45) is 0. The van der Waals surface area contributed by atoms with Crippen molar-refractivity contribution in [1.82, 2.24) is 15.3 Å². The molecule has 18 heavy (non-hydrogen) atoms. The Morgan fingerprint density at radius 3 is 2.61 bits per heavy atom. The second kappa shape index (κ2) is 5.23. The van der Waals surface area contributed by atoms with E-state index in [1.165, 1.54) is 6.07 Å². The van der Waals surface area contributed by atoms with Gasteiger partial charge in [0.25, 0.3) is 0 Å². The van der Waals surface area contributed by atoms with Crippen molar-refractivity contribution in [2.75, 3.05) is 7.05 Å². The van der Waals surface area contributed by atoms with Crippen molar-refractivity contribution in [3.63, 3.8) is 0 Å². The Balaban J connectivity index is 2.46. The van der Waals surface area contributed by atoms with Crippen LogP contribution in [0.25, 0.3) is 11.3 Å². The predicted octanol–water partition coefficient (Wildman–Crippen LogP) is 2.62. The number of nitrogens with zero attached hydrogens (tertiary/aromatic N) is 2. The maximum absolute atomic E-state index is 13.3. The molecule has 2 aromatic rings. The molecule has 0 atom stereocenters. The van der Waals surface area contributed by atoms with Crippen LogP contribution in [-0.2, 0) is 6.54 Å². The highest BCUT2D eigenvalue weighted by molar-refractivity contribution is 5.60. The topological polar surface area (TPSA) is 37.8 Å². The van der Waals surface area contributed by atoms with Crippen LogP contribution in [0.1, 0.15) is 17.1 Å². The number of hydrogen-bond donors (Lipinski definition) is 1. The van der Waals surface area contributed by atoms with E-state index in [2.05, 4.69) is 15.3 Å². The van der Waals surface area contributed by atoms with E-state index in [9.17, 15) is 4.39 Å². The zero-order chi connectivity index (χ0) is 13.1. The van der Waals surface area contributed by atoms with Crippen molar-refractivity contribution in [2.24, 2.45) is 0 Å². The fraction of sp³-hybridized carbons (Fsp3) is 0.286. The van der Waals surface area contributed by atoms with Gasteiger partial charge in [-0.05, 0) is 50.7 Å². The van der Waals surface area contributed by atoms with Crippen molar-refractivity contribution in [3.05, 3.63) is 47.2 Å². The molecule has 4 heteroatoms. The molecule has 1 aromatic heterocycles. The van der Waals surface area contributed by atoms with Gasteiger partial charge in [-0.25, -0.2) is 14.4 Å². The van der Waals surface area contributed by atoms with Crippen LogP contribution in [0.5, 0.6) is 0 Å². The van der Waals surface area contributed by atoms with E-state index in [0.29, 0.717) is 12.1 Å². The molecule has 0 bridgehead atoms. The zero-order valence-electron chi connectivity index (χ0n) is 10.8. The summed E-state index contributed by atoms with van der Waals surface area (Å²) in [5.41, 5.74) is 3.28. The first-order chi connectivity index (χ1) is 8.60. The highest BCUT2D eigenvalue weighted by atomic mass is 19.1. The first-order valence-electron chi connectivity index (χ1n) is 5.86. The van der Waals surface area contributed by atoms with E-state index in [-0.39, 0.29) is 5.82 Å². The maximum Gasteiger partial charge on any atom is 0.143 e. The molecule has 0 fully saturated rings. The van der Waals surface area contributed by atoms with Gasteiger partial charge in [0.05, 0.1) is 12.2 Å². The van der Waals surface area contributed by atoms with Gasteiger partial charge in [-0.1, -0.05) is 0 Å². The third-order valence-electron chi connectivity index (χ3n) is 2.69. The molecule has 0 saturated carbocycles. The average Bonchev–Trinajstić information content (AvgIpc) is 2.32. The van der Waals surface area contributed by atoms with Crippen LogP contribution in [0.15, 0.2) is 24.3 Å². The summed E-state index contributed by atoms with van der Waals surface area (Å²) >= 11 is 0. The molecule has 3 nitrogen and oxygen atoms in total. The monoisotopic (exact) mass is 245 g/mol. The lowest BCUT2D eigenvalue weighted by molar-refractivity contribution is 0.618. The average molecular weight is 245 g/mol. The summed E-state index contributed by atoms with van der Waals surface area (Å²) in [5.74, 6) is 0.550. The van der Waals surface area contributed by atoms with Crippen LogP contribution in [0.2, 0.25) is 0 Å². The standard InChI is InChI=1S/C14H16FN3/c1-9-6-11(4-5-12(9)15)13-7-10(2)17-14(18-13)8-16-3/h4-7,16H,8H2,1-3H3. The molecule has 0 amide bonds. The summed E-state index contributed by atoms with van der Waals surface area (Å²) in [5, 5.41) is 3.03. The van der Waals surface area contributed by atoms with E-state index >= 15 is 0 Å². The maximum atomic E-state index is 13.3. The Kier molecular flexibility index (Phi) is 3.67. The number of nitrogens with one attached hydrogen (secondary N) is 1. The van der Waals surface area contributed by atoms with Crippen molar-refractivity contribution < 1.29 is 4.39 Å². The van der Waals surface area contributed by atoms with E-state index in [0.717, 1.165) is 22.8 Å². The smallest absolute Gasteiger partial charge is 0.143 e. The Bertz CT molecular complexity index is 567. The van der Waals surface area contributed by atoms with Crippen molar-refractivity contribution in [3.8, 4) is 11.3 Å². The predicted molar refractivity (Wildman–Crippen MR) is 69.7 cm³/mol. The Morgan fingerprint density at radius 2 is 1.94 bits per heavy atom. The molecule has 0 radical (unpaired) electrons. The summed E-state index contributed by atoms with van der Waals surface area (Å²) in [6.45, 7) is 4.30. The van der Waals surface area contributed by atoms with Crippen molar-refractivity contribution >= 4 is 0 Å². The second-order valence-electron chi connectivity index (χ2n) is 4.31. The van der Waals surface area contributed by atoms with Gasteiger partial charge in [0, 0.05) is 11.3 Å². The van der Waals surface area contributed by atoms with Gasteiger partial charge < -0.3 is 5.32 Å². The van der Waals surface area contributed by atoms with Crippen LogP contribution in [-0.4, -0.2) is 17.0 Å². The highest BCUT2D eigenvalue weighted by Crippen LogP contribution is 2.20. The minimum absolute atomic E-state index is 0.194. The number of rotatable bonds is 3. The Labute approximate surface area is 106 Å². The lowest BCUT2D eigenvalue weighted by Gasteiger charge is -2.07. The highest BCUT2D eigenvalue weighted by Gasteiger charge is 2.06. The van der Waals surface area contributed by atoms with Crippen LogP contribution in [0.3, 0.4) is 0 Å². The third-order valence-corrected chi connectivity index (χ3v) is 2.69. The van der Waals surface area contributed by atoms with E-state index in [1.54, 1.807) is 19.1 Å². The first kappa shape index (κ1) is 12.6. The largest absolute Gasteiger partial charge is 0.313 e. The van der Waals surface area contributed by atoms with E-state index in [1.807, 2.05) is 20.0 Å². The molecule has 1 N–H and O–H groups in total.